The van der Waals surface area contributed by atoms with Crippen molar-refractivity contribution in [2.45, 2.75) is 45.3 Å². The molecule has 0 aliphatic heterocycles. The van der Waals surface area contributed by atoms with Crippen LogP contribution < -0.4 is 5.56 Å². The lowest BCUT2D eigenvalue weighted by atomic mass is 9.92. The maximum Gasteiger partial charge on any atom is 0.281 e. The van der Waals surface area contributed by atoms with E-state index in [9.17, 15) is 33.1 Å². The van der Waals surface area contributed by atoms with Gasteiger partial charge in [-0.15, -0.1) is 10.2 Å². The second-order valence-electron chi connectivity index (χ2n) is 9.65. The van der Waals surface area contributed by atoms with Crippen LogP contribution in [0.1, 0.15) is 58.1 Å². The minimum absolute atomic E-state index is 0.00894. The molecule has 0 aliphatic rings. The number of aromatic hydroxyl groups is 1. The van der Waals surface area contributed by atoms with Gasteiger partial charge in [-0.1, -0.05) is 66.7 Å². The lowest BCUT2D eigenvalue weighted by Gasteiger charge is -2.20. The van der Waals surface area contributed by atoms with Gasteiger partial charge >= 0.3 is 0 Å². The summed E-state index contributed by atoms with van der Waals surface area (Å²) in [6, 6.07) is 21.2. The zero-order valence-corrected chi connectivity index (χ0v) is 23.6. The van der Waals surface area contributed by atoms with Crippen LogP contribution >= 0.6 is 0 Å². The number of nitrogens with zero attached hydrogens (tertiary/aromatic N) is 3. The average molecular weight is 578 g/mol. The van der Waals surface area contributed by atoms with Gasteiger partial charge in [0.15, 0.2) is 11.6 Å². The molecule has 4 aromatic rings. The van der Waals surface area contributed by atoms with Crippen LogP contribution in [0.4, 0.5) is 11.4 Å². The molecule has 4 rings (SSSR count). The molecule has 0 saturated heterocycles. The molecule has 0 saturated carbocycles. The molecule has 11 heteroatoms. The van der Waals surface area contributed by atoms with Gasteiger partial charge in [0.25, 0.3) is 15.7 Å². The number of hydrogen-bond donors (Lipinski definition) is 4. The summed E-state index contributed by atoms with van der Waals surface area (Å²) < 4.78 is 33.6. The van der Waals surface area contributed by atoms with Crippen LogP contribution in [0, 0.1) is 13.8 Å². The van der Waals surface area contributed by atoms with Crippen LogP contribution in [-0.4, -0.2) is 32.9 Å². The Balaban J connectivity index is 1.91. The van der Waals surface area contributed by atoms with Crippen LogP contribution in [0.15, 0.2) is 87.8 Å². The molecule has 1 heterocycles. The number of hydrogen-bond acceptors (Lipinski definition) is 8. The Morgan fingerprint density at radius 2 is 1.37 bits per heavy atom. The van der Waals surface area contributed by atoms with Gasteiger partial charge in [-0.3, -0.25) is 13.9 Å². The number of aryl methyl sites for hydroxylation is 1. The molecule has 2 atom stereocenters. The van der Waals surface area contributed by atoms with Gasteiger partial charge in [0.05, 0.1) is 5.69 Å². The fourth-order valence-corrected chi connectivity index (χ4v) is 5.42. The number of aliphatic hydroxyl groups is 2. The number of aliphatic hydroxyl groups excluding tert-OH is 2. The number of aromatic nitrogens is 1. The summed E-state index contributed by atoms with van der Waals surface area (Å²) in [7, 11) is -4.54. The van der Waals surface area contributed by atoms with Crippen LogP contribution in [0.3, 0.4) is 0 Å². The summed E-state index contributed by atoms with van der Waals surface area (Å²) in [6.45, 7) is 4.73. The van der Waals surface area contributed by atoms with E-state index in [4.69, 9.17) is 0 Å². The Hall–Kier alpha value is -4.16. The molecule has 0 bridgehead atoms. The first-order valence-electron chi connectivity index (χ1n) is 12.9. The molecule has 214 valence electrons. The first-order chi connectivity index (χ1) is 19.4. The van der Waals surface area contributed by atoms with Crippen molar-refractivity contribution >= 4 is 21.5 Å². The highest BCUT2D eigenvalue weighted by molar-refractivity contribution is 7.85. The Morgan fingerprint density at radius 3 is 1.90 bits per heavy atom. The first-order valence-corrected chi connectivity index (χ1v) is 14.5. The Labute approximate surface area is 237 Å². The van der Waals surface area contributed by atoms with Gasteiger partial charge in [0.2, 0.25) is 0 Å². The maximum absolute atomic E-state index is 13.2. The average Bonchev–Trinajstić information content (AvgIpc) is 2.95. The SMILES string of the molecule is CCn1c(O)c(CS(=O)(=O)O)c(C)c(/N=N/c2c(C)cc(C(O)c3ccccc3)cc2C(O)c2ccccc2)c1=O. The van der Waals surface area contributed by atoms with Crippen molar-refractivity contribution in [2.75, 3.05) is 0 Å². The predicted molar refractivity (Wildman–Crippen MR) is 154 cm³/mol. The topological polar surface area (TPSA) is 162 Å². The lowest BCUT2D eigenvalue weighted by Crippen LogP contribution is -2.22. The highest BCUT2D eigenvalue weighted by atomic mass is 32.2. The molecule has 1 aromatic heterocycles. The van der Waals surface area contributed by atoms with Gasteiger partial charge in [0.1, 0.15) is 18.0 Å². The number of benzene rings is 3. The van der Waals surface area contributed by atoms with Gasteiger partial charge in [-0.2, -0.15) is 8.42 Å². The van der Waals surface area contributed by atoms with Gasteiger partial charge in [0, 0.05) is 17.7 Å². The monoisotopic (exact) mass is 577 g/mol. The first kappa shape index (κ1) is 29.8. The van der Waals surface area contributed by atoms with E-state index in [0.29, 0.717) is 27.8 Å². The standard InChI is InChI=1S/C30H31N3O7S/c1-4-33-29(36)24(17-41(38,39)40)19(3)26(30(33)37)32-31-25-18(2)15-22(27(34)20-11-7-5-8-12-20)16-23(25)28(35)21-13-9-6-10-14-21/h5-16,27-28,34-36H,4,17H2,1-3H3,(H,38,39,40)/b32-31+. The molecular formula is C30H31N3O7S. The van der Waals surface area contributed by atoms with E-state index in [1.54, 1.807) is 62.4 Å². The molecule has 0 spiro atoms. The van der Waals surface area contributed by atoms with Gasteiger partial charge < -0.3 is 15.3 Å². The second-order valence-corrected chi connectivity index (χ2v) is 11.1. The van der Waals surface area contributed by atoms with Crippen molar-refractivity contribution < 1.29 is 28.3 Å². The van der Waals surface area contributed by atoms with E-state index in [2.05, 4.69) is 10.2 Å². The zero-order valence-electron chi connectivity index (χ0n) is 22.8. The van der Waals surface area contributed by atoms with Crippen molar-refractivity contribution in [1.29, 1.82) is 0 Å². The molecule has 0 fully saturated rings. The fourth-order valence-electron chi connectivity index (χ4n) is 4.71. The molecular weight excluding hydrogens is 546 g/mol. The second kappa shape index (κ2) is 12.1. The van der Waals surface area contributed by atoms with Crippen LogP contribution in [0.25, 0.3) is 0 Å². The van der Waals surface area contributed by atoms with Crippen molar-refractivity contribution in [3.8, 4) is 5.88 Å². The number of pyridine rings is 1. The summed E-state index contributed by atoms with van der Waals surface area (Å²) in [6.07, 6.45) is -2.14. The summed E-state index contributed by atoms with van der Waals surface area (Å²) in [4.78, 5) is 13.2. The lowest BCUT2D eigenvalue weighted by molar-refractivity contribution is 0.214. The molecule has 4 N–H and O–H groups in total. The minimum Gasteiger partial charge on any atom is -0.494 e. The predicted octanol–water partition coefficient (Wildman–Crippen LogP) is 5.16. The summed E-state index contributed by atoms with van der Waals surface area (Å²) >= 11 is 0. The summed E-state index contributed by atoms with van der Waals surface area (Å²) in [5, 5.41) is 41.6. The molecule has 3 aromatic carbocycles. The molecule has 2 unspecified atom stereocenters. The summed E-state index contributed by atoms with van der Waals surface area (Å²) in [5.74, 6) is -1.50. The molecule has 41 heavy (non-hydrogen) atoms. The third kappa shape index (κ3) is 6.44. The van der Waals surface area contributed by atoms with Crippen molar-refractivity contribution in [2.24, 2.45) is 10.2 Å². The van der Waals surface area contributed by atoms with Crippen LogP contribution in [0.2, 0.25) is 0 Å². The normalized spacial score (nSPS) is 13.4. The third-order valence-corrected chi connectivity index (χ3v) is 7.52. The Morgan fingerprint density at radius 1 is 0.829 bits per heavy atom. The van der Waals surface area contributed by atoms with E-state index < -0.39 is 39.5 Å². The quantitative estimate of drug-likeness (QED) is 0.158. The smallest absolute Gasteiger partial charge is 0.281 e. The van der Waals surface area contributed by atoms with Crippen molar-refractivity contribution in [3.63, 3.8) is 0 Å². The molecule has 0 aliphatic carbocycles. The molecule has 0 amide bonds. The number of azo groups is 1. The molecule has 0 radical (unpaired) electrons. The van der Waals surface area contributed by atoms with E-state index in [0.717, 1.165) is 4.57 Å². The summed E-state index contributed by atoms with van der Waals surface area (Å²) in [5.41, 5.74) is 1.81. The highest BCUT2D eigenvalue weighted by Crippen LogP contribution is 2.38. The van der Waals surface area contributed by atoms with Crippen LogP contribution in [0.5, 0.6) is 5.88 Å². The molecule has 10 nitrogen and oxygen atoms in total. The Kier molecular flexibility index (Phi) is 8.83. The van der Waals surface area contributed by atoms with E-state index >= 15 is 0 Å². The fraction of sp³-hybridized carbons (Fsp3) is 0.233. The van der Waals surface area contributed by atoms with E-state index in [1.165, 1.54) is 6.92 Å². The van der Waals surface area contributed by atoms with Crippen molar-refractivity contribution in [1.82, 2.24) is 4.57 Å². The van der Waals surface area contributed by atoms with Gasteiger partial charge in [-0.25, -0.2) is 0 Å². The van der Waals surface area contributed by atoms with Crippen molar-refractivity contribution in [3.05, 3.63) is 122 Å². The maximum atomic E-state index is 13.2. The van der Waals surface area contributed by atoms with E-state index in [1.807, 2.05) is 24.3 Å². The zero-order chi connectivity index (χ0) is 29.9. The minimum atomic E-state index is -4.54. The highest BCUT2D eigenvalue weighted by Gasteiger charge is 2.24. The Bertz CT molecular complexity index is 1750. The van der Waals surface area contributed by atoms with Gasteiger partial charge in [-0.05, 0) is 54.7 Å². The van der Waals surface area contributed by atoms with E-state index in [-0.39, 0.29) is 29.0 Å². The largest absolute Gasteiger partial charge is 0.494 e. The number of rotatable bonds is 9. The third-order valence-electron chi connectivity index (χ3n) is 6.87. The van der Waals surface area contributed by atoms with Crippen LogP contribution in [-0.2, 0) is 22.4 Å².